The van der Waals surface area contributed by atoms with Crippen LogP contribution < -0.4 is 4.74 Å². The van der Waals surface area contributed by atoms with Crippen molar-refractivity contribution in [3.05, 3.63) is 29.8 Å². The van der Waals surface area contributed by atoms with Gasteiger partial charge in [0.15, 0.2) is 0 Å². The number of rotatable bonds is 5. The Morgan fingerprint density at radius 3 is 2.43 bits per heavy atom. The number of hydrogen-bond acceptors (Lipinski definition) is 2. The van der Waals surface area contributed by atoms with E-state index in [-0.39, 0.29) is 0 Å². The van der Waals surface area contributed by atoms with Crippen LogP contribution in [0.4, 0.5) is 0 Å². The first kappa shape index (κ1) is 11.8. The molecule has 0 aromatic heterocycles. The standard InChI is InChI=1S/C10H14ClO2P/c1-3-13-14(11)8-9-4-6-10(12-2)7-5-9/h4-7H,3,8H2,1-2H3. The second-order valence-electron chi connectivity index (χ2n) is 2.74. The molecule has 0 fully saturated rings. The molecule has 0 amide bonds. The minimum atomic E-state index is -0.839. The van der Waals surface area contributed by atoms with Crippen LogP contribution in [0.25, 0.3) is 0 Å². The van der Waals surface area contributed by atoms with Gasteiger partial charge in [0.25, 0.3) is 0 Å². The van der Waals surface area contributed by atoms with Crippen molar-refractivity contribution in [2.75, 3.05) is 13.7 Å². The lowest BCUT2D eigenvalue weighted by molar-refractivity contribution is 0.385. The van der Waals surface area contributed by atoms with Gasteiger partial charge in [-0.05, 0) is 24.6 Å². The summed E-state index contributed by atoms with van der Waals surface area (Å²) in [6.45, 7) is 2.62. The molecule has 78 valence electrons. The Labute approximate surface area is 90.8 Å². The lowest BCUT2D eigenvalue weighted by Gasteiger charge is -2.08. The molecule has 2 nitrogen and oxygen atoms in total. The Morgan fingerprint density at radius 1 is 1.29 bits per heavy atom. The number of halogens is 1. The summed E-state index contributed by atoms with van der Waals surface area (Å²) >= 11 is 6.00. The molecule has 1 aromatic carbocycles. The maximum absolute atomic E-state index is 6.00. The molecule has 0 aliphatic rings. The van der Waals surface area contributed by atoms with E-state index in [1.54, 1.807) is 7.11 Å². The molecule has 0 radical (unpaired) electrons. The van der Waals surface area contributed by atoms with Crippen LogP contribution in [0.2, 0.25) is 0 Å². The first-order valence-electron chi connectivity index (χ1n) is 4.45. The third kappa shape index (κ3) is 3.83. The van der Waals surface area contributed by atoms with Crippen molar-refractivity contribution in [2.24, 2.45) is 0 Å². The molecule has 0 N–H and O–H groups in total. The topological polar surface area (TPSA) is 18.5 Å². The molecule has 1 unspecified atom stereocenters. The van der Waals surface area contributed by atoms with Gasteiger partial charge >= 0.3 is 0 Å². The zero-order valence-electron chi connectivity index (χ0n) is 8.37. The van der Waals surface area contributed by atoms with Gasteiger partial charge in [-0.25, -0.2) is 0 Å². The highest BCUT2D eigenvalue weighted by atomic mass is 35.7. The van der Waals surface area contributed by atoms with Crippen molar-refractivity contribution >= 4 is 18.7 Å². The quantitative estimate of drug-likeness (QED) is 0.720. The maximum Gasteiger partial charge on any atom is 0.128 e. The Balaban J connectivity index is 2.50. The largest absolute Gasteiger partial charge is 0.497 e. The Kier molecular flexibility index (Phi) is 5.24. The van der Waals surface area contributed by atoms with E-state index in [9.17, 15) is 0 Å². The number of methoxy groups -OCH3 is 1. The Bertz CT molecular complexity index is 263. The lowest BCUT2D eigenvalue weighted by atomic mass is 10.2. The molecular formula is C10H14ClO2P. The molecule has 4 heteroatoms. The fourth-order valence-electron chi connectivity index (χ4n) is 1.06. The third-order valence-electron chi connectivity index (χ3n) is 1.74. The van der Waals surface area contributed by atoms with Crippen LogP contribution in [-0.2, 0) is 10.7 Å². The summed E-state index contributed by atoms with van der Waals surface area (Å²) in [6, 6.07) is 7.88. The van der Waals surface area contributed by atoms with Crippen LogP contribution in [0.1, 0.15) is 12.5 Å². The van der Waals surface area contributed by atoms with Crippen molar-refractivity contribution in [3.8, 4) is 5.75 Å². The molecule has 0 aliphatic carbocycles. The van der Waals surface area contributed by atoms with E-state index >= 15 is 0 Å². The first-order valence-corrected chi connectivity index (χ1v) is 6.80. The van der Waals surface area contributed by atoms with Crippen molar-refractivity contribution < 1.29 is 9.26 Å². The van der Waals surface area contributed by atoms with Gasteiger partial charge in [0, 0.05) is 12.8 Å². The summed E-state index contributed by atoms with van der Waals surface area (Å²) in [6.07, 6.45) is 0.786. The van der Waals surface area contributed by atoms with Gasteiger partial charge < -0.3 is 9.26 Å². The molecule has 14 heavy (non-hydrogen) atoms. The van der Waals surface area contributed by atoms with Crippen LogP contribution in [0.5, 0.6) is 5.75 Å². The van der Waals surface area contributed by atoms with Gasteiger partial charge in [-0.1, -0.05) is 23.4 Å². The van der Waals surface area contributed by atoms with Crippen molar-refractivity contribution in [1.82, 2.24) is 0 Å². The van der Waals surface area contributed by atoms with Crippen molar-refractivity contribution in [1.29, 1.82) is 0 Å². The Morgan fingerprint density at radius 2 is 1.93 bits per heavy atom. The SMILES string of the molecule is CCOP(Cl)Cc1ccc(OC)cc1. The second kappa shape index (κ2) is 6.23. The molecule has 0 heterocycles. The van der Waals surface area contributed by atoms with E-state index in [1.807, 2.05) is 31.2 Å². The predicted octanol–water partition coefficient (Wildman–Crippen LogP) is 3.78. The molecule has 0 saturated heterocycles. The van der Waals surface area contributed by atoms with Crippen molar-refractivity contribution in [2.45, 2.75) is 13.1 Å². The summed E-state index contributed by atoms with van der Waals surface area (Å²) in [5.41, 5.74) is 1.18. The highest BCUT2D eigenvalue weighted by Crippen LogP contribution is 2.45. The van der Waals surface area contributed by atoms with Gasteiger partial charge in [0.1, 0.15) is 13.3 Å². The summed E-state index contributed by atoms with van der Waals surface area (Å²) in [7, 11) is 0.817. The van der Waals surface area contributed by atoms with Gasteiger partial charge in [-0.3, -0.25) is 0 Å². The third-order valence-corrected chi connectivity index (χ3v) is 3.54. The number of ether oxygens (including phenoxy) is 1. The van der Waals surface area contributed by atoms with Crippen molar-refractivity contribution in [3.63, 3.8) is 0 Å². The van der Waals surface area contributed by atoms with Crippen LogP contribution in [0.15, 0.2) is 24.3 Å². The van der Waals surface area contributed by atoms with E-state index in [4.69, 9.17) is 20.5 Å². The fourth-order valence-corrected chi connectivity index (χ4v) is 2.64. The smallest absolute Gasteiger partial charge is 0.128 e. The Hall–Kier alpha value is -0.300. The maximum atomic E-state index is 6.00. The fraction of sp³-hybridized carbons (Fsp3) is 0.400. The zero-order chi connectivity index (χ0) is 10.4. The van der Waals surface area contributed by atoms with Gasteiger partial charge in [0.05, 0.1) is 7.11 Å². The summed E-state index contributed by atoms with van der Waals surface area (Å²) in [5.74, 6) is 0.865. The molecule has 0 bridgehead atoms. The van der Waals surface area contributed by atoms with Gasteiger partial charge in [0.2, 0.25) is 0 Å². The molecule has 1 atom stereocenters. The second-order valence-corrected chi connectivity index (χ2v) is 5.08. The normalized spacial score (nSPS) is 12.5. The van der Waals surface area contributed by atoms with Crippen LogP contribution >= 0.6 is 18.7 Å². The molecule has 1 aromatic rings. The molecule has 1 rings (SSSR count). The minimum absolute atomic E-state index is 0.672. The molecule has 0 spiro atoms. The average molecular weight is 233 g/mol. The van der Waals surface area contributed by atoms with Gasteiger partial charge in [-0.2, -0.15) is 0 Å². The van der Waals surface area contributed by atoms with E-state index in [2.05, 4.69) is 0 Å². The van der Waals surface area contributed by atoms with Crippen LogP contribution in [0, 0.1) is 0 Å². The predicted molar refractivity (Wildman–Crippen MR) is 61.1 cm³/mol. The molecule has 0 saturated carbocycles. The summed E-state index contributed by atoms with van der Waals surface area (Å²) in [5, 5.41) is 0. The number of hydrogen-bond donors (Lipinski definition) is 0. The zero-order valence-corrected chi connectivity index (χ0v) is 10.0. The van der Waals surface area contributed by atoms with Crippen LogP contribution in [-0.4, -0.2) is 13.7 Å². The molecule has 0 aliphatic heterocycles. The average Bonchev–Trinajstić information content (AvgIpc) is 2.19. The minimum Gasteiger partial charge on any atom is -0.497 e. The first-order chi connectivity index (χ1) is 6.76. The van der Waals surface area contributed by atoms with E-state index in [0.717, 1.165) is 11.9 Å². The highest BCUT2D eigenvalue weighted by molar-refractivity contribution is 7.79. The summed E-state index contributed by atoms with van der Waals surface area (Å²) in [4.78, 5) is 0. The summed E-state index contributed by atoms with van der Waals surface area (Å²) < 4.78 is 10.4. The van der Waals surface area contributed by atoms with E-state index in [0.29, 0.717) is 6.61 Å². The number of benzene rings is 1. The monoisotopic (exact) mass is 232 g/mol. The van der Waals surface area contributed by atoms with Crippen LogP contribution in [0.3, 0.4) is 0 Å². The van der Waals surface area contributed by atoms with Gasteiger partial charge in [-0.15, -0.1) is 0 Å². The van der Waals surface area contributed by atoms with E-state index in [1.165, 1.54) is 5.56 Å². The molecular weight excluding hydrogens is 219 g/mol. The van der Waals surface area contributed by atoms with E-state index < -0.39 is 7.50 Å². The highest BCUT2D eigenvalue weighted by Gasteiger charge is 2.05. The lowest BCUT2D eigenvalue weighted by Crippen LogP contribution is -1.86.